The minimum atomic E-state index is -3.24. The molecule has 0 radical (unpaired) electrons. The maximum Gasteiger partial charge on any atom is 0.240 e. The Morgan fingerprint density at radius 1 is 2.08 bits per heavy atom. The zero-order valence-electron chi connectivity index (χ0n) is 12.5. The lowest BCUT2D eigenvalue weighted by molar-refractivity contribution is -0.136. The van der Waals surface area contributed by atoms with Crippen LogP contribution in [0.2, 0.25) is 0 Å². The van der Waals surface area contributed by atoms with Crippen LogP contribution in [-0.2, 0) is 9.59 Å². The molecule has 1 rings (SSSR count). The van der Waals surface area contributed by atoms with Gasteiger partial charge >= 0.3 is 0 Å². The molecule has 0 spiro atoms. The van der Waals surface area contributed by atoms with Crippen molar-refractivity contribution in [1.29, 1.82) is 0 Å². The summed E-state index contributed by atoms with van der Waals surface area (Å²) in [7, 11) is 0. The van der Waals surface area contributed by atoms with Gasteiger partial charge in [0.05, 0.1) is 1.37 Å². The molecule has 1 aliphatic rings. The zero-order valence-corrected chi connectivity index (χ0v) is 6.46. The van der Waals surface area contributed by atoms with Gasteiger partial charge in [-0.2, -0.15) is 0 Å². The second-order valence-electron chi connectivity index (χ2n) is 2.49. The first-order valence-corrected chi connectivity index (χ1v) is 3.56. The van der Waals surface area contributed by atoms with Gasteiger partial charge in [-0.05, 0) is 12.8 Å². The largest absolute Gasteiger partial charge is 0.368 e. The molecule has 1 aliphatic heterocycles. The summed E-state index contributed by atoms with van der Waals surface area (Å²) in [5.41, 5.74) is 4.99. The Kier molecular flexibility index (Phi) is 1.12. The van der Waals surface area contributed by atoms with Crippen LogP contribution < -0.4 is 5.73 Å². The van der Waals surface area contributed by atoms with Crippen molar-refractivity contribution in [2.75, 3.05) is 6.54 Å². The number of carbonyl (C=O) groups excluding carboxylic acids is 2. The number of carbonyl (C=O) groups is 2. The van der Waals surface area contributed by atoms with Crippen LogP contribution in [0.3, 0.4) is 0 Å². The molecule has 0 aromatic carbocycles. The molecule has 1 atom stereocenters. The van der Waals surface area contributed by atoms with E-state index in [9.17, 15) is 9.59 Å². The fraction of sp³-hybridized carbons (Fsp3) is 0.750. The van der Waals surface area contributed by atoms with E-state index in [-0.39, 0.29) is 13.0 Å². The molecule has 4 heteroatoms. The van der Waals surface area contributed by atoms with Crippen molar-refractivity contribution >= 4 is 11.8 Å². The lowest BCUT2D eigenvalue weighted by atomic mass is 10.2. The number of hydrogen-bond donors (Lipinski definition) is 1. The summed E-state index contributed by atoms with van der Waals surface area (Å²) >= 11 is 0. The van der Waals surface area contributed by atoms with E-state index >= 15 is 0 Å². The molecule has 4 nitrogen and oxygen atoms in total. The van der Waals surface area contributed by atoms with Crippen molar-refractivity contribution in [3.63, 3.8) is 0 Å². The maximum atomic E-state index is 11.5. The SMILES string of the molecule is [2H]C([2H])([2H])C([2H])([2H])C([2H])(C(N)=O)N1CCCC1=O. The number of nitrogens with two attached hydrogens (primary N) is 1. The van der Waals surface area contributed by atoms with Crippen LogP contribution in [0, 0.1) is 0 Å². The first-order valence-electron chi connectivity index (χ1n) is 6.56. The zero-order chi connectivity index (χ0) is 14.4. The third-order valence-corrected chi connectivity index (χ3v) is 1.70. The Labute approximate surface area is 80.1 Å². The normalized spacial score (nSPS) is 32.0. The minimum Gasteiger partial charge on any atom is -0.368 e. The fourth-order valence-electron chi connectivity index (χ4n) is 1.15. The molecule has 0 aromatic heterocycles. The van der Waals surface area contributed by atoms with E-state index in [0.29, 0.717) is 11.3 Å². The van der Waals surface area contributed by atoms with E-state index in [1.54, 1.807) is 0 Å². The molecule has 0 saturated carbocycles. The molecule has 1 heterocycles. The lowest BCUT2D eigenvalue weighted by Crippen LogP contribution is -2.44. The van der Waals surface area contributed by atoms with Gasteiger partial charge in [0.15, 0.2) is 0 Å². The molecule has 68 valence electrons. The quantitative estimate of drug-likeness (QED) is 0.651. The van der Waals surface area contributed by atoms with Gasteiger partial charge in [-0.1, -0.05) is 6.85 Å². The first-order chi connectivity index (χ1) is 7.96. The molecule has 2 amide bonds. The van der Waals surface area contributed by atoms with Crippen LogP contribution in [0.1, 0.15) is 34.3 Å². The molecule has 1 fully saturated rings. The summed E-state index contributed by atoms with van der Waals surface area (Å²) in [6, 6.07) is -2.92. The summed E-state index contributed by atoms with van der Waals surface area (Å²) in [6.07, 6.45) is -2.86. The predicted octanol–water partition coefficient (Wildman–Crippen LogP) is -0.127. The van der Waals surface area contributed by atoms with Gasteiger partial charge in [0.25, 0.3) is 0 Å². The third-order valence-electron chi connectivity index (χ3n) is 1.70. The van der Waals surface area contributed by atoms with E-state index in [4.69, 9.17) is 14.0 Å². The van der Waals surface area contributed by atoms with Gasteiger partial charge in [0, 0.05) is 19.8 Å². The number of primary amides is 1. The first kappa shape index (κ1) is 3.77. The van der Waals surface area contributed by atoms with Crippen molar-refractivity contribution in [1.82, 2.24) is 4.90 Å². The number of rotatable bonds is 3. The fourth-order valence-corrected chi connectivity index (χ4v) is 1.15. The van der Waals surface area contributed by atoms with Crippen LogP contribution in [0.25, 0.3) is 0 Å². The van der Waals surface area contributed by atoms with Crippen molar-refractivity contribution < 1.29 is 17.8 Å². The average molecular weight is 176 g/mol. The molecule has 1 saturated heterocycles. The van der Waals surface area contributed by atoms with Gasteiger partial charge in [-0.25, -0.2) is 0 Å². The smallest absolute Gasteiger partial charge is 0.240 e. The third kappa shape index (κ3) is 1.57. The minimum absolute atomic E-state index is 0.0466. The summed E-state index contributed by atoms with van der Waals surface area (Å²) in [5, 5.41) is 0. The Balaban J connectivity index is 3.32. The second kappa shape index (κ2) is 3.56. The molecular formula is C8H14N2O2. The summed E-state index contributed by atoms with van der Waals surface area (Å²) in [4.78, 5) is 23.6. The Hall–Kier alpha value is -1.06. The Morgan fingerprint density at radius 2 is 2.83 bits per heavy atom. The van der Waals surface area contributed by atoms with E-state index < -0.39 is 31.1 Å². The van der Waals surface area contributed by atoms with E-state index in [0.717, 1.165) is 0 Å². The highest BCUT2D eigenvalue weighted by molar-refractivity contribution is 5.87. The molecule has 2 N–H and O–H groups in total. The monoisotopic (exact) mass is 176 g/mol. The molecule has 1 unspecified atom stereocenters. The number of likely N-dealkylation sites (tertiary alicyclic amines) is 1. The second-order valence-corrected chi connectivity index (χ2v) is 2.49. The highest BCUT2D eigenvalue weighted by Gasteiger charge is 2.29. The standard InChI is InChI=1S/C8H14N2O2/c1-2-6(8(9)12)10-5-3-4-7(10)11/h6H,2-5H2,1H3,(H2,9,12)/i1D3,2D2,6D. The topological polar surface area (TPSA) is 63.4 Å². The Morgan fingerprint density at radius 3 is 3.25 bits per heavy atom. The number of hydrogen-bond acceptors (Lipinski definition) is 2. The van der Waals surface area contributed by atoms with Gasteiger partial charge in [0.1, 0.15) is 6.02 Å². The molecular weight excluding hydrogens is 156 g/mol. The van der Waals surface area contributed by atoms with Crippen LogP contribution in [0.5, 0.6) is 0 Å². The van der Waals surface area contributed by atoms with Crippen molar-refractivity contribution in [2.45, 2.75) is 32.1 Å². The molecule has 0 bridgehead atoms. The average Bonchev–Trinajstić information content (AvgIpc) is 2.61. The maximum absolute atomic E-state index is 11.5. The van der Waals surface area contributed by atoms with Gasteiger partial charge in [-0.3, -0.25) is 9.59 Å². The predicted molar refractivity (Wildman–Crippen MR) is 44.2 cm³/mol. The van der Waals surface area contributed by atoms with Gasteiger partial charge < -0.3 is 10.6 Å². The highest BCUT2D eigenvalue weighted by Crippen LogP contribution is 2.15. The lowest BCUT2D eigenvalue weighted by Gasteiger charge is -2.23. The Bertz CT molecular complexity index is 382. The van der Waals surface area contributed by atoms with Gasteiger partial charge in [-0.15, -0.1) is 0 Å². The van der Waals surface area contributed by atoms with Crippen molar-refractivity contribution in [3.8, 4) is 0 Å². The molecule has 12 heavy (non-hydrogen) atoms. The molecule has 0 aliphatic carbocycles. The van der Waals surface area contributed by atoms with Gasteiger partial charge in [0.2, 0.25) is 11.8 Å². The number of nitrogens with zero attached hydrogens (tertiary/aromatic N) is 1. The van der Waals surface area contributed by atoms with Crippen LogP contribution in [0.15, 0.2) is 0 Å². The van der Waals surface area contributed by atoms with Crippen molar-refractivity contribution in [3.05, 3.63) is 0 Å². The van der Waals surface area contributed by atoms with E-state index in [1.807, 2.05) is 0 Å². The van der Waals surface area contributed by atoms with E-state index in [2.05, 4.69) is 0 Å². The van der Waals surface area contributed by atoms with Crippen LogP contribution >= 0.6 is 0 Å². The van der Waals surface area contributed by atoms with Crippen LogP contribution in [0.4, 0.5) is 0 Å². The number of amides is 2. The highest BCUT2D eigenvalue weighted by atomic mass is 16.2. The summed E-state index contributed by atoms with van der Waals surface area (Å²) in [5.74, 6) is -2.13. The van der Waals surface area contributed by atoms with Crippen LogP contribution in [-0.4, -0.2) is 29.3 Å². The molecule has 0 aromatic rings. The van der Waals surface area contributed by atoms with Crippen molar-refractivity contribution in [2.24, 2.45) is 5.73 Å². The summed E-state index contributed by atoms with van der Waals surface area (Å²) < 4.78 is 44.3. The summed E-state index contributed by atoms with van der Waals surface area (Å²) in [6.45, 7) is -3.30. The van der Waals surface area contributed by atoms with E-state index in [1.165, 1.54) is 0 Å².